The van der Waals surface area contributed by atoms with E-state index in [0.717, 1.165) is 17.8 Å². The highest BCUT2D eigenvalue weighted by atomic mass is 16.5. The third kappa shape index (κ3) is 2.73. The summed E-state index contributed by atoms with van der Waals surface area (Å²) in [5.41, 5.74) is 0.103. The van der Waals surface area contributed by atoms with Crippen LogP contribution >= 0.6 is 0 Å². The number of nitrogens with one attached hydrogen (secondary N) is 2. The lowest BCUT2D eigenvalue weighted by Gasteiger charge is -2.56. The average Bonchev–Trinajstić information content (AvgIpc) is 2.25. The van der Waals surface area contributed by atoms with Gasteiger partial charge in [-0.2, -0.15) is 0 Å². The van der Waals surface area contributed by atoms with Crippen LogP contribution in [0.15, 0.2) is 0 Å². The van der Waals surface area contributed by atoms with Gasteiger partial charge >= 0.3 is 6.03 Å². The van der Waals surface area contributed by atoms with Gasteiger partial charge in [0.05, 0.1) is 12.6 Å². The Labute approximate surface area is 115 Å². The van der Waals surface area contributed by atoms with Crippen LogP contribution in [0, 0.1) is 17.8 Å². The van der Waals surface area contributed by atoms with Crippen LogP contribution in [0.2, 0.25) is 0 Å². The first-order valence-electron chi connectivity index (χ1n) is 7.66. The van der Waals surface area contributed by atoms with Crippen LogP contribution in [0.5, 0.6) is 0 Å². The number of hydrogen-bond donors (Lipinski definition) is 2. The molecule has 19 heavy (non-hydrogen) atoms. The molecule has 0 aromatic carbocycles. The van der Waals surface area contributed by atoms with E-state index in [2.05, 4.69) is 10.6 Å². The van der Waals surface area contributed by atoms with Crippen molar-refractivity contribution in [1.82, 2.24) is 10.6 Å². The van der Waals surface area contributed by atoms with Gasteiger partial charge in [-0.05, 0) is 63.2 Å². The summed E-state index contributed by atoms with van der Waals surface area (Å²) >= 11 is 0. The molecule has 2 N–H and O–H groups in total. The summed E-state index contributed by atoms with van der Waals surface area (Å²) in [7, 11) is 1.66. The minimum Gasteiger partial charge on any atom is -0.383 e. The van der Waals surface area contributed by atoms with Crippen molar-refractivity contribution in [2.24, 2.45) is 17.8 Å². The second kappa shape index (κ2) is 4.97. The number of rotatable bonds is 4. The fraction of sp³-hybridized carbons (Fsp3) is 0.933. The fourth-order valence-corrected chi connectivity index (χ4v) is 5.06. The third-order valence-electron chi connectivity index (χ3n) is 5.21. The molecule has 4 rings (SSSR count). The van der Waals surface area contributed by atoms with Crippen molar-refractivity contribution in [3.63, 3.8) is 0 Å². The Morgan fingerprint density at radius 2 is 1.74 bits per heavy atom. The highest BCUT2D eigenvalue weighted by Crippen LogP contribution is 2.55. The molecule has 4 aliphatic rings. The number of carbonyl (C=O) groups excluding carboxylic acids is 1. The molecule has 0 unspecified atom stereocenters. The summed E-state index contributed by atoms with van der Waals surface area (Å²) in [4.78, 5) is 12.1. The van der Waals surface area contributed by atoms with Gasteiger partial charge in [0.25, 0.3) is 0 Å². The van der Waals surface area contributed by atoms with E-state index in [9.17, 15) is 4.79 Å². The molecule has 4 bridgehead atoms. The highest BCUT2D eigenvalue weighted by molar-refractivity contribution is 5.75. The molecule has 4 nitrogen and oxygen atoms in total. The van der Waals surface area contributed by atoms with Crippen LogP contribution in [-0.2, 0) is 4.74 Å². The molecule has 0 heterocycles. The number of methoxy groups -OCH3 is 1. The van der Waals surface area contributed by atoms with Gasteiger partial charge in [0.15, 0.2) is 0 Å². The number of hydrogen-bond acceptors (Lipinski definition) is 2. The topological polar surface area (TPSA) is 50.4 Å². The highest BCUT2D eigenvalue weighted by Gasteiger charge is 2.51. The smallest absolute Gasteiger partial charge is 0.315 e. The van der Waals surface area contributed by atoms with E-state index in [0.29, 0.717) is 6.61 Å². The summed E-state index contributed by atoms with van der Waals surface area (Å²) in [5.74, 6) is 2.59. The zero-order chi connectivity index (χ0) is 13.5. The predicted octanol–water partition coefficient (Wildman–Crippen LogP) is 2.29. The molecular weight excluding hydrogens is 240 g/mol. The molecule has 4 heteroatoms. The summed E-state index contributed by atoms with van der Waals surface area (Å²) in [6.07, 6.45) is 7.81. The largest absolute Gasteiger partial charge is 0.383 e. The van der Waals surface area contributed by atoms with Crippen molar-refractivity contribution >= 4 is 6.03 Å². The number of amides is 2. The Morgan fingerprint density at radius 3 is 2.21 bits per heavy atom. The number of urea groups is 1. The summed E-state index contributed by atoms with van der Waals surface area (Å²) in [6.45, 7) is 2.54. The van der Waals surface area contributed by atoms with E-state index in [-0.39, 0.29) is 17.6 Å². The van der Waals surface area contributed by atoms with Gasteiger partial charge in [-0.3, -0.25) is 0 Å². The molecule has 0 radical (unpaired) electrons. The second-order valence-electron chi connectivity index (χ2n) is 7.15. The van der Waals surface area contributed by atoms with Crippen LogP contribution < -0.4 is 10.6 Å². The fourth-order valence-electron chi connectivity index (χ4n) is 5.06. The van der Waals surface area contributed by atoms with Gasteiger partial charge < -0.3 is 15.4 Å². The average molecular weight is 266 g/mol. The lowest BCUT2D eigenvalue weighted by atomic mass is 9.53. The molecule has 4 fully saturated rings. The molecular formula is C15H26N2O2. The standard InChI is InChI=1S/C15H26N2O2/c1-10(9-19-2)16-14(18)17-15-6-11-3-12(7-15)5-13(4-11)8-15/h10-13H,3-9H2,1-2H3,(H2,16,17,18)/t10-,11?,12?,13?,15?/m1/s1. The van der Waals surface area contributed by atoms with Crippen LogP contribution in [-0.4, -0.2) is 31.3 Å². The number of ether oxygens (including phenoxy) is 1. The molecule has 0 aromatic heterocycles. The van der Waals surface area contributed by atoms with Gasteiger partial charge in [0, 0.05) is 12.6 Å². The Morgan fingerprint density at radius 1 is 1.21 bits per heavy atom. The van der Waals surface area contributed by atoms with E-state index in [1.54, 1.807) is 7.11 Å². The summed E-state index contributed by atoms with van der Waals surface area (Å²) in [6, 6.07) is 0.0606. The summed E-state index contributed by atoms with van der Waals surface area (Å²) < 4.78 is 5.06. The third-order valence-corrected chi connectivity index (χ3v) is 5.21. The molecule has 108 valence electrons. The maximum Gasteiger partial charge on any atom is 0.315 e. The molecule has 0 spiro atoms. The maximum atomic E-state index is 12.1. The second-order valence-corrected chi connectivity index (χ2v) is 7.15. The molecule has 0 saturated heterocycles. The Kier molecular flexibility index (Phi) is 3.46. The van der Waals surface area contributed by atoms with Gasteiger partial charge in [0.2, 0.25) is 0 Å². The zero-order valence-corrected chi connectivity index (χ0v) is 12.1. The van der Waals surface area contributed by atoms with E-state index >= 15 is 0 Å². The summed E-state index contributed by atoms with van der Waals surface area (Å²) in [5, 5.41) is 6.29. The van der Waals surface area contributed by atoms with Crippen LogP contribution in [0.1, 0.15) is 45.4 Å². The molecule has 0 aliphatic heterocycles. The van der Waals surface area contributed by atoms with Crippen LogP contribution in [0.3, 0.4) is 0 Å². The minimum atomic E-state index is -0.00787. The van der Waals surface area contributed by atoms with E-state index in [1.165, 1.54) is 38.5 Å². The first kappa shape index (κ1) is 13.2. The van der Waals surface area contributed by atoms with E-state index in [4.69, 9.17) is 4.74 Å². The SMILES string of the molecule is COC[C@@H](C)NC(=O)NC12CC3CC(CC(C3)C1)C2. The van der Waals surface area contributed by atoms with Gasteiger partial charge in [0.1, 0.15) is 0 Å². The van der Waals surface area contributed by atoms with Crippen molar-refractivity contribution in [3.05, 3.63) is 0 Å². The Balaban J connectivity index is 1.58. The lowest BCUT2D eigenvalue weighted by Crippen LogP contribution is -2.62. The van der Waals surface area contributed by atoms with Crippen molar-refractivity contribution in [1.29, 1.82) is 0 Å². The normalized spacial score (nSPS) is 41.1. The first-order valence-corrected chi connectivity index (χ1v) is 7.66. The lowest BCUT2D eigenvalue weighted by molar-refractivity contribution is -0.0137. The van der Waals surface area contributed by atoms with Gasteiger partial charge in [-0.15, -0.1) is 0 Å². The Bertz CT molecular complexity index is 321. The Hall–Kier alpha value is -0.770. The van der Waals surface area contributed by atoms with E-state index in [1.807, 2.05) is 6.92 Å². The first-order chi connectivity index (χ1) is 9.08. The zero-order valence-electron chi connectivity index (χ0n) is 12.1. The van der Waals surface area contributed by atoms with Crippen molar-refractivity contribution in [2.75, 3.05) is 13.7 Å². The monoisotopic (exact) mass is 266 g/mol. The van der Waals surface area contributed by atoms with Crippen LogP contribution in [0.4, 0.5) is 4.79 Å². The molecule has 1 atom stereocenters. The molecule has 4 aliphatic carbocycles. The predicted molar refractivity (Wildman–Crippen MR) is 73.9 cm³/mol. The molecule has 0 aromatic rings. The van der Waals surface area contributed by atoms with Crippen molar-refractivity contribution in [2.45, 2.75) is 57.0 Å². The van der Waals surface area contributed by atoms with Crippen LogP contribution in [0.25, 0.3) is 0 Å². The van der Waals surface area contributed by atoms with Gasteiger partial charge in [-0.25, -0.2) is 4.79 Å². The molecule has 2 amide bonds. The maximum absolute atomic E-state index is 12.1. The molecule has 4 saturated carbocycles. The van der Waals surface area contributed by atoms with Gasteiger partial charge in [-0.1, -0.05) is 0 Å². The minimum absolute atomic E-state index is 0.00787. The van der Waals surface area contributed by atoms with Crippen molar-refractivity contribution < 1.29 is 9.53 Å². The number of carbonyl (C=O) groups is 1. The van der Waals surface area contributed by atoms with E-state index < -0.39 is 0 Å². The van der Waals surface area contributed by atoms with Crippen molar-refractivity contribution in [3.8, 4) is 0 Å². The quantitative estimate of drug-likeness (QED) is 0.820.